The highest BCUT2D eigenvalue weighted by atomic mass is 32.2. The van der Waals surface area contributed by atoms with Crippen LogP contribution in [0.2, 0.25) is 0 Å². The fourth-order valence-electron chi connectivity index (χ4n) is 3.43. The number of hydrogen-bond donors (Lipinski definition) is 1. The third kappa shape index (κ3) is 2.57. The van der Waals surface area contributed by atoms with Gasteiger partial charge in [-0.25, -0.2) is 0 Å². The summed E-state index contributed by atoms with van der Waals surface area (Å²) in [4.78, 5) is 0. The molecule has 0 amide bonds. The van der Waals surface area contributed by atoms with Gasteiger partial charge in [0.2, 0.25) is 0 Å². The van der Waals surface area contributed by atoms with Gasteiger partial charge < -0.3 is 5.11 Å². The molecule has 1 N–H and O–H groups in total. The van der Waals surface area contributed by atoms with E-state index in [0.717, 1.165) is 18.4 Å². The Morgan fingerprint density at radius 3 is 2.05 bits per heavy atom. The van der Waals surface area contributed by atoms with E-state index in [1.54, 1.807) is 0 Å². The van der Waals surface area contributed by atoms with Crippen LogP contribution in [0.15, 0.2) is 24.3 Å². The van der Waals surface area contributed by atoms with Crippen LogP contribution in [0.25, 0.3) is 0 Å². The van der Waals surface area contributed by atoms with E-state index in [1.165, 1.54) is 18.4 Å². The molecule has 0 radical (unpaired) electrons. The Morgan fingerprint density at radius 1 is 1.05 bits per heavy atom. The minimum atomic E-state index is -0.576. The number of hydrogen-bond acceptors (Lipinski definition) is 2. The molecule has 2 heterocycles. The molecule has 2 saturated heterocycles. The number of thioether (sulfide) groups is 1. The molecule has 0 spiro atoms. The zero-order valence-electron chi connectivity index (χ0n) is 12.1. The van der Waals surface area contributed by atoms with E-state index in [2.05, 4.69) is 56.8 Å². The molecule has 2 unspecified atom stereocenters. The Hall–Kier alpha value is -0.470. The van der Waals surface area contributed by atoms with Gasteiger partial charge in [0.15, 0.2) is 0 Å². The predicted molar refractivity (Wildman–Crippen MR) is 82.7 cm³/mol. The molecule has 2 atom stereocenters. The monoisotopic (exact) mass is 276 g/mol. The van der Waals surface area contributed by atoms with Crippen LogP contribution in [0, 0.1) is 0 Å². The Kier molecular flexibility index (Phi) is 3.22. The van der Waals surface area contributed by atoms with Crippen molar-refractivity contribution in [1.82, 2.24) is 0 Å². The maximum absolute atomic E-state index is 11.0. The molecule has 104 valence electrons. The third-order valence-electron chi connectivity index (χ3n) is 4.61. The molecule has 0 saturated carbocycles. The average molecular weight is 276 g/mol. The van der Waals surface area contributed by atoms with E-state index in [9.17, 15) is 5.11 Å². The standard InChI is InChI=1S/C17H24OS/c1-16(2,3)12-4-6-13(7-5-12)17(18)10-14-8-9-15(11-17)19-14/h4-7,14-15,18H,8-11H2,1-3H3. The van der Waals surface area contributed by atoms with E-state index in [0.29, 0.717) is 10.5 Å². The molecule has 19 heavy (non-hydrogen) atoms. The molecule has 2 aliphatic rings. The first-order chi connectivity index (χ1) is 8.87. The van der Waals surface area contributed by atoms with E-state index >= 15 is 0 Å². The van der Waals surface area contributed by atoms with E-state index in [-0.39, 0.29) is 5.41 Å². The smallest absolute Gasteiger partial charge is 0.0917 e. The van der Waals surface area contributed by atoms with Crippen molar-refractivity contribution >= 4 is 11.8 Å². The van der Waals surface area contributed by atoms with Crippen molar-refractivity contribution in [2.75, 3.05) is 0 Å². The third-order valence-corrected chi connectivity index (χ3v) is 6.19. The van der Waals surface area contributed by atoms with Crippen LogP contribution in [0.1, 0.15) is 57.6 Å². The zero-order chi connectivity index (χ0) is 13.7. The molecule has 0 aliphatic carbocycles. The van der Waals surface area contributed by atoms with Crippen molar-refractivity contribution < 1.29 is 5.11 Å². The average Bonchev–Trinajstić information content (AvgIpc) is 2.68. The first kappa shape index (κ1) is 13.5. The van der Waals surface area contributed by atoms with Crippen molar-refractivity contribution in [3.8, 4) is 0 Å². The van der Waals surface area contributed by atoms with Crippen LogP contribution in [-0.4, -0.2) is 15.6 Å². The van der Waals surface area contributed by atoms with Crippen LogP contribution < -0.4 is 0 Å². The molecule has 2 fully saturated rings. The van der Waals surface area contributed by atoms with Gasteiger partial charge in [0.05, 0.1) is 5.60 Å². The predicted octanol–water partition coefficient (Wildman–Crippen LogP) is 4.23. The molecular weight excluding hydrogens is 252 g/mol. The first-order valence-corrected chi connectivity index (χ1v) is 8.30. The zero-order valence-corrected chi connectivity index (χ0v) is 13.0. The van der Waals surface area contributed by atoms with Crippen molar-refractivity contribution in [2.24, 2.45) is 0 Å². The van der Waals surface area contributed by atoms with Gasteiger partial charge in [0, 0.05) is 10.5 Å². The van der Waals surface area contributed by atoms with E-state index in [1.807, 2.05) is 0 Å². The lowest BCUT2D eigenvalue weighted by Gasteiger charge is -2.36. The highest BCUT2D eigenvalue weighted by Gasteiger charge is 2.44. The van der Waals surface area contributed by atoms with E-state index < -0.39 is 5.60 Å². The molecule has 1 aromatic rings. The molecule has 1 aromatic carbocycles. The Bertz CT molecular complexity index is 445. The second-order valence-electron chi connectivity index (χ2n) is 7.22. The molecule has 1 nitrogen and oxygen atoms in total. The molecule has 2 aliphatic heterocycles. The quantitative estimate of drug-likeness (QED) is 0.828. The van der Waals surface area contributed by atoms with Crippen LogP contribution >= 0.6 is 11.8 Å². The Labute approximate surface area is 120 Å². The van der Waals surface area contributed by atoms with Crippen molar-refractivity contribution in [2.45, 2.75) is 68.0 Å². The van der Waals surface area contributed by atoms with Crippen LogP contribution in [0.5, 0.6) is 0 Å². The summed E-state index contributed by atoms with van der Waals surface area (Å²) >= 11 is 2.10. The molecular formula is C17H24OS. The van der Waals surface area contributed by atoms with Gasteiger partial charge >= 0.3 is 0 Å². The van der Waals surface area contributed by atoms with Crippen molar-refractivity contribution in [3.05, 3.63) is 35.4 Å². The number of fused-ring (bicyclic) bond motifs is 2. The second kappa shape index (κ2) is 4.53. The minimum Gasteiger partial charge on any atom is -0.385 e. The Balaban J connectivity index is 1.86. The fraction of sp³-hybridized carbons (Fsp3) is 0.647. The highest BCUT2D eigenvalue weighted by Crippen LogP contribution is 2.51. The summed E-state index contributed by atoms with van der Waals surface area (Å²) < 4.78 is 0. The lowest BCUT2D eigenvalue weighted by Crippen LogP contribution is -2.34. The van der Waals surface area contributed by atoms with Crippen LogP contribution in [-0.2, 0) is 11.0 Å². The largest absolute Gasteiger partial charge is 0.385 e. The van der Waals surface area contributed by atoms with Gasteiger partial charge in [-0.15, -0.1) is 0 Å². The maximum atomic E-state index is 11.0. The van der Waals surface area contributed by atoms with Gasteiger partial charge in [-0.1, -0.05) is 45.0 Å². The first-order valence-electron chi connectivity index (χ1n) is 7.36. The summed E-state index contributed by atoms with van der Waals surface area (Å²) in [5.74, 6) is 0. The number of benzene rings is 1. The molecule has 2 bridgehead atoms. The summed E-state index contributed by atoms with van der Waals surface area (Å²) in [5.41, 5.74) is 2.07. The maximum Gasteiger partial charge on any atom is 0.0917 e. The SMILES string of the molecule is CC(C)(C)c1ccc(C2(O)CC3CCC(C2)S3)cc1. The van der Waals surface area contributed by atoms with Gasteiger partial charge in [0.25, 0.3) is 0 Å². The lowest BCUT2D eigenvalue weighted by atomic mass is 9.82. The Morgan fingerprint density at radius 2 is 1.58 bits per heavy atom. The van der Waals surface area contributed by atoms with Crippen molar-refractivity contribution in [3.63, 3.8) is 0 Å². The van der Waals surface area contributed by atoms with Gasteiger partial charge in [-0.2, -0.15) is 11.8 Å². The van der Waals surface area contributed by atoms with Crippen molar-refractivity contribution in [1.29, 1.82) is 0 Å². The normalized spacial score (nSPS) is 34.5. The minimum absolute atomic E-state index is 0.183. The molecule has 2 heteroatoms. The lowest BCUT2D eigenvalue weighted by molar-refractivity contribution is 0.0196. The van der Waals surface area contributed by atoms with E-state index in [4.69, 9.17) is 0 Å². The van der Waals surface area contributed by atoms with Gasteiger partial charge in [0.1, 0.15) is 0 Å². The summed E-state index contributed by atoms with van der Waals surface area (Å²) in [6.07, 6.45) is 4.45. The molecule has 0 aromatic heterocycles. The number of rotatable bonds is 1. The topological polar surface area (TPSA) is 20.2 Å². The van der Waals surface area contributed by atoms with Crippen LogP contribution in [0.4, 0.5) is 0 Å². The fourth-order valence-corrected chi connectivity index (χ4v) is 5.27. The summed E-state index contributed by atoms with van der Waals surface area (Å²) in [6, 6.07) is 8.68. The van der Waals surface area contributed by atoms with Gasteiger partial charge in [-0.05, 0) is 42.2 Å². The highest BCUT2D eigenvalue weighted by molar-refractivity contribution is 8.00. The second-order valence-corrected chi connectivity index (χ2v) is 8.83. The summed E-state index contributed by atoms with van der Waals surface area (Å²) in [6.45, 7) is 6.69. The summed E-state index contributed by atoms with van der Waals surface area (Å²) in [7, 11) is 0. The summed E-state index contributed by atoms with van der Waals surface area (Å²) in [5, 5.41) is 12.3. The van der Waals surface area contributed by atoms with Crippen LogP contribution in [0.3, 0.4) is 0 Å². The molecule has 3 rings (SSSR count). The number of aliphatic hydroxyl groups is 1. The van der Waals surface area contributed by atoms with Gasteiger partial charge in [-0.3, -0.25) is 0 Å².